The van der Waals surface area contributed by atoms with Crippen LogP contribution in [-0.4, -0.2) is 47.5 Å². The molecular weight excluding hydrogens is 334 g/mol. The minimum Gasteiger partial charge on any atom is -0.334 e. The van der Waals surface area contributed by atoms with Gasteiger partial charge in [0.1, 0.15) is 0 Å². The predicted octanol–water partition coefficient (Wildman–Crippen LogP) is 3.79. The van der Waals surface area contributed by atoms with E-state index in [9.17, 15) is 4.79 Å². The number of hydrogen-bond acceptors (Lipinski definition) is 2. The smallest absolute Gasteiger partial charge is 0.318 e. The molecule has 3 saturated heterocycles. The highest BCUT2D eigenvalue weighted by atomic mass is 16.2. The third-order valence-electron chi connectivity index (χ3n) is 7.20. The Labute approximate surface area is 162 Å². The zero-order valence-corrected chi connectivity index (χ0v) is 16.1. The van der Waals surface area contributed by atoms with Gasteiger partial charge in [0.15, 0.2) is 0 Å². The SMILES string of the molecule is O=C(NCc1ccccc1)N1CCCC2=CC3CC(CN4CCCC[C@H]34)[C@@H]21. The van der Waals surface area contributed by atoms with Crippen molar-refractivity contribution in [2.75, 3.05) is 19.6 Å². The van der Waals surface area contributed by atoms with Gasteiger partial charge in [0, 0.05) is 25.7 Å². The van der Waals surface area contributed by atoms with Crippen molar-refractivity contribution in [2.24, 2.45) is 11.8 Å². The fourth-order valence-corrected chi connectivity index (χ4v) is 6.08. The number of carbonyl (C=O) groups excluding carboxylic acids is 1. The molecule has 1 aromatic carbocycles. The fraction of sp³-hybridized carbons (Fsp3) is 0.609. The van der Waals surface area contributed by atoms with Crippen LogP contribution in [0.2, 0.25) is 0 Å². The molecule has 4 aliphatic rings. The van der Waals surface area contributed by atoms with Crippen LogP contribution in [0.1, 0.15) is 44.1 Å². The van der Waals surface area contributed by atoms with Crippen molar-refractivity contribution in [1.82, 2.24) is 15.1 Å². The van der Waals surface area contributed by atoms with Crippen molar-refractivity contribution >= 4 is 6.03 Å². The topological polar surface area (TPSA) is 35.6 Å². The highest BCUT2D eigenvalue weighted by Crippen LogP contribution is 2.44. The molecule has 0 spiro atoms. The molecule has 144 valence electrons. The molecule has 1 aliphatic carbocycles. The molecular formula is C23H31N3O. The number of rotatable bonds is 2. The monoisotopic (exact) mass is 365 g/mol. The predicted molar refractivity (Wildman–Crippen MR) is 107 cm³/mol. The van der Waals surface area contributed by atoms with E-state index in [1.807, 2.05) is 18.2 Å². The Hall–Kier alpha value is -1.81. The summed E-state index contributed by atoms with van der Waals surface area (Å²) in [6.07, 6.45) is 10.3. The van der Waals surface area contributed by atoms with Gasteiger partial charge >= 0.3 is 6.03 Å². The number of piperidine rings is 3. The molecule has 27 heavy (non-hydrogen) atoms. The quantitative estimate of drug-likeness (QED) is 0.810. The van der Waals surface area contributed by atoms with Gasteiger partial charge in [-0.2, -0.15) is 0 Å². The molecule has 1 N–H and O–H groups in total. The Bertz CT molecular complexity index is 716. The van der Waals surface area contributed by atoms with Gasteiger partial charge in [-0.3, -0.25) is 4.90 Å². The fourth-order valence-electron chi connectivity index (χ4n) is 6.08. The lowest BCUT2D eigenvalue weighted by Gasteiger charge is -2.54. The van der Waals surface area contributed by atoms with E-state index in [4.69, 9.17) is 0 Å². The summed E-state index contributed by atoms with van der Waals surface area (Å²) in [5.41, 5.74) is 2.72. The van der Waals surface area contributed by atoms with Crippen LogP contribution in [0.4, 0.5) is 4.79 Å². The Morgan fingerprint density at radius 1 is 1.11 bits per heavy atom. The number of fused-ring (bicyclic) bond motifs is 6. The molecule has 3 heterocycles. The van der Waals surface area contributed by atoms with E-state index in [0.29, 0.717) is 18.5 Å². The first-order valence-electron chi connectivity index (χ1n) is 10.8. The maximum absolute atomic E-state index is 13.0. The molecule has 0 saturated carbocycles. The van der Waals surface area contributed by atoms with Gasteiger partial charge in [-0.05, 0) is 56.0 Å². The number of benzene rings is 1. The molecule has 4 atom stereocenters. The van der Waals surface area contributed by atoms with E-state index >= 15 is 0 Å². The second-order valence-electron chi connectivity index (χ2n) is 8.85. The van der Waals surface area contributed by atoms with Crippen LogP contribution in [0.3, 0.4) is 0 Å². The molecule has 4 heteroatoms. The molecule has 0 radical (unpaired) electrons. The largest absolute Gasteiger partial charge is 0.334 e. The lowest BCUT2D eigenvalue weighted by atomic mass is 9.68. The van der Waals surface area contributed by atoms with E-state index in [-0.39, 0.29) is 6.03 Å². The molecule has 0 aromatic heterocycles. The summed E-state index contributed by atoms with van der Waals surface area (Å²) < 4.78 is 0. The number of amides is 2. The average Bonchev–Trinajstić information content (AvgIpc) is 2.72. The van der Waals surface area contributed by atoms with E-state index in [1.54, 1.807) is 5.57 Å². The number of urea groups is 1. The third-order valence-corrected chi connectivity index (χ3v) is 7.20. The number of likely N-dealkylation sites (tertiary alicyclic amines) is 1. The Balaban J connectivity index is 1.33. The molecule has 4 nitrogen and oxygen atoms in total. The number of nitrogens with zero attached hydrogens (tertiary/aromatic N) is 2. The summed E-state index contributed by atoms with van der Waals surface area (Å²) in [7, 11) is 0. The normalized spacial score (nSPS) is 32.9. The second kappa shape index (κ2) is 7.31. The van der Waals surface area contributed by atoms with Gasteiger partial charge in [0.05, 0.1) is 6.04 Å². The molecule has 2 unspecified atom stereocenters. The Morgan fingerprint density at radius 3 is 2.89 bits per heavy atom. The molecule has 5 rings (SSSR count). The summed E-state index contributed by atoms with van der Waals surface area (Å²) in [5, 5.41) is 3.18. The van der Waals surface area contributed by atoms with Crippen LogP contribution in [0, 0.1) is 11.8 Å². The lowest BCUT2D eigenvalue weighted by molar-refractivity contribution is 0.00788. The summed E-state index contributed by atoms with van der Waals surface area (Å²) >= 11 is 0. The third kappa shape index (κ3) is 3.29. The molecule has 2 amide bonds. The van der Waals surface area contributed by atoms with Crippen molar-refractivity contribution in [3.8, 4) is 0 Å². The zero-order valence-electron chi connectivity index (χ0n) is 16.1. The van der Waals surface area contributed by atoms with Crippen molar-refractivity contribution < 1.29 is 4.79 Å². The Kier molecular flexibility index (Phi) is 4.68. The Morgan fingerprint density at radius 2 is 2.00 bits per heavy atom. The van der Waals surface area contributed by atoms with Gasteiger partial charge in [-0.15, -0.1) is 0 Å². The first-order valence-corrected chi connectivity index (χ1v) is 10.8. The van der Waals surface area contributed by atoms with E-state index < -0.39 is 0 Å². The van der Waals surface area contributed by atoms with Crippen LogP contribution >= 0.6 is 0 Å². The van der Waals surface area contributed by atoms with Crippen LogP contribution in [-0.2, 0) is 6.54 Å². The first-order chi connectivity index (χ1) is 13.3. The standard InChI is InChI=1S/C23H31N3O/c27-23(24-15-17-7-2-1-3-8-17)26-12-6-9-18-13-19-14-20(22(18)26)16-25-11-5-4-10-21(19)25/h1-3,7-8,13,19-22H,4-6,9-12,14-16H2,(H,24,27)/t19?,20?,21-,22-/m1/s1. The van der Waals surface area contributed by atoms with Gasteiger partial charge in [-0.25, -0.2) is 4.79 Å². The van der Waals surface area contributed by atoms with E-state index in [1.165, 1.54) is 45.2 Å². The number of carbonyl (C=O) groups is 1. The lowest BCUT2D eigenvalue weighted by Crippen LogP contribution is -2.61. The molecule has 1 aromatic rings. The van der Waals surface area contributed by atoms with Crippen molar-refractivity contribution in [3.05, 3.63) is 47.5 Å². The van der Waals surface area contributed by atoms with Crippen LogP contribution in [0.25, 0.3) is 0 Å². The number of nitrogens with one attached hydrogen (secondary N) is 1. The first kappa shape index (κ1) is 17.3. The maximum Gasteiger partial charge on any atom is 0.318 e. The van der Waals surface area contributed by atoms with Crippen molar-refractivity contribution in [3.63, 3.8) is 0 Å². The minimum absolute atomic E-state index is 0.119. The van der Waals surface area contributed by atoms with Gasteiger partial charge in [-0.1, -0.05) is 48.4 Å². The highest BCUT2D eigenvalue weighted by Gasteiger charge is 2.46. The minimum atomic E-state index is 0.119. The second-order valence-corrected chi connectivity index (χ2v) is 8.85. The van der Waals surface area contributed by atoms with E-state index in [0.717, 1.165) is 30.5 Å². The van der Waals surface area contributed by atoms with Crippen LogP contribution < -0.4 is 5.32 Å². The van der Waals surface area contributed by atoms with Crippen LogP contribution in [0.15, 0.2) is 42.0 Å². The molecule has 3 fully saturated rings. The van der Waals surface area contributed by atoms with Crippen molar-refractivity contribution in [1.29, 1.82) is 0 Å². The van der Waals surface area contributed by atoms with Crippen LogP contribution in [0.5, 0.6) is 0 Å². The highest BCUT2D eigenvalue weighted by molar-refractivity contribution is 5.75. The van der Waals surface area contributed by atoms with Crippen molar-refractivity contribution in [2.45, 2.75) is 57.2 Å². The average molecular weight is 366 g/mol. The summed E-state index contributed by atoms with van der Waals surface area (Å²) in [4.78, 5) is 17.9. The number of hydrogen-bond donors (Lipinski definition) is 1. The zero-order chi connectivity index (χ0) is 18.2. The van der Waals surface area contributed by atoms with Gasteiger partial charge in [0.2, 0.25) is 0 Å². The summed E-state index contributed by atoms with van der Waals surface area (Å²) in [5.74, 6) is 1.34. The summed E-state index contributed by atoms with van der Waals surface area (Å²) in [6, 6.07) is 11.4. The molecule has 3 aliphatic heterocycles. The molecule has 2 bridgehead atoms. The maximum atomic E-state index is 13.0. The summed E-state index contributed by atoms with van der Waals surface area (Å²) in [6.45, 7) is 3.95. The van der Waals surface area contributed by atoms with E-state index in [2.05, 4.69) is 33.3 Å². The van der Waals surface area contributed by atoms with Gasteiger partial charge < -0.3 is 10.2 Å². The van der Waals surface area contributed by atoms with Gasteiger partial charge in [0.25, 0.3) is 0 Å².